The first-order chi connectivity index (χ1) is 11.4. The van der Waals surface area contributed by atoms with Crippen molar-refractivity contribution in [3.8, 4) is 0 Å². The number of anilines is 1. The van der Waals surface area contributed by atoms with Gasteiger partial charge in [0.15, 0.2) is 0 Å². The molecule has 2 aromatic rings. The van der Waals surface area contributed by atoms with Crippen LogP contribution < -0.4 is 5.32 Å². The van der Waals surface area contributed by atoms with Crippen LogP contribution in [0.1, 0.15) is 5.56 Å². The first-order valence-corrected chi connectivity index (χ1v) is 7.40. The van der Waals surface area contributed by atoms with Crippen LogP contribution in [0.5, 0.6) is 0 Å². The third-order valence-electron chi connectivity index (χ3n) is 3.24. The summed E-state index contributed by atoms with van der Waals surface area (Å²) in [4.78, 5) is 24.0. The van der Waals surface area contributed by atoms with Crippen molar-refractivity contribution in [2.75, 3.05) is 18.9 Å². The molecule has 1 amide bonds. The van der Waals surface area contributed by atoms with E-state index in [9.17, 15) is 19.3 Å². The monoisotopic (exact) mass is 351 g/mol. The van der Waals surface area contributed by atoms with Gasteiger partial charge in [-0.1, -0.05) is 29.8 Å². The van der Waals surface area contributed by atoms with E-state index in [4.69, 9.17) is 11.6 Å². The highest BCUT2D eigenvalue weighted by molar-refractivity contribution is 6.31. The quantitative estimate of drug-likeness (QED) is 0.638. The maximum atomic E-state index is 13.6. The van der Waals surface area contributed by atoms with Gasteiger partial charge in [0.05, 0.1) is 11.5 Å². The fourth-order valence-electron chi connectivity index (χ4n) is 2.18. The van der Waals surface area contributed by atoms with E-state index < -0.39 is 10.8 Å². The van der Waals surface area contributed by atoms with Crippen LogP contribution >= 0.6 is 11.6 Å². The molecule has 0 spiro atoms. The SMILES string of the molecule is CN(CC(=O)Nc1cc(Cl)ccc1[N+](=O)[O-])Cc1ccccc1F. The van der Waals surface area contributed by atoms with Gasteiger partial charge in [-0.15, -0.1) is 0 Å². The normalized spacial score (nSPS) is 10.7. The zero-order valence-corrected chi connectivity index (χ0v) is 13.6. The zero-order chi connectivity index (χ0) is 17.7. The summed E-state index contributed by atoms with van der Waals surface area (Å²) in [5.74, 6) is -0.811. The number of carbonyl (C=O) groups is 1. The maximum absolute atomic E-state index is 13.6. The van der Waals surface area contributed by atoms with Crippen LogP contribution in [0.15, 0.2) is 42.5 Å². The number of nitrogens with one attached hydrogen (secondary N) is 1. The molecule has 126 valence electrons. The fraction of sp³-hybridized carbons (Fsp3) is 0.188. The number of hydrogen-bond acceptors (Lipinski definition) is 4. The molecule has 24 heavy (non-hydrogen) atoms. The van der Waals surface area contributed by atoms with E-state index in [1.165, 1.54) is 24.3 Å². The highest BCUT2D eigenvalue weighted by Gasteiger charge is 2.17. The summed E-state index contributed by atoms with van der Waals surface area (Å²) in [6, 6.07) is 10.2. The number of hydrogen-bond donors (Lipinski definition) is 1. The number of rotatable bonds is 6. The molecule has 2 aromatic carbocycles. The summed E-state index contributed by atoms with van der Waals surface area (Å²) in [6.45, 7) is 0.176. The molecular formula is C16H15ClFN3O3. The van der Waals surface area contributed by atoms with Crippen molar-refractivity contribution in [2.24, 2.45) is 0 Å². The van der Waals surface area contributed by atoms with Crippen LogP contribution in [0.3, 0.4) is 0 Å². The molecule has 0 radical (unpaired) electrons. The number of halogens is 2. The number of likely N-dealkylation sites (N-methyl/N-ethyl adjacent to an activating group) is 1. The molecule has 0 aliphatic carbocycles. The summed E-state index contributed by atoms with van der Waals surface area (Å²) in [5.41, 5.74) is 0.239. The van der Waals surface area contributed by atoms with E-state index in [2.05, 4.69) is 5.32 Å². The number of nitrogens with zero attached hydrogens (tertiary/aromatic N) is 2. The Balaban J connectivity index is 2.02. The Hall–Kier alpha value is -2.51. The van der Waals surface area contributed by atoms with E-state index in [0.29, 0.717) is 5.56 Å². The van der Waals surface area contributed by atoms with Crippen molar-refractivity contribution in [1.29, 1.82) is 0 Å². The van der Waals surface area contributed by atoms with Crippen LogP contribution in [0.2, 0.25) is 5.02 Å². The van der Waals surface area contributed by atoms with Crippen molar-refractivity contribution < 1.29 is 14.1 Å². The van der Waals surface area contributed by atoms with Gasteiger partial charge in [-0.25, -0.2) is 4.39 Å². The van der Waals surface area contributed by atoms with Gasteiger partial charge in [-0.05, 0) is 25.2 Å². The van der Waals surface area contributed by atoms with Crippen LogP contribution in [0, 0.1) is 15.9 Å². The zero-order valence-electron chi connectivity index (χ0n) is 12.8. The second-order valence-corrected chi connectivity index (χ2v) is 5.67. The van der Waals surface area contributed by atoms with Crippen molar-refractivity contribution in [3.63, 3.8) is 0 Å². The van der Waals surface area contributed by atoms with Crippen molar-refractivity contribution in [3.05, 3.63) is 69.0 Å². The summed E-state index contributed by atoms with van der Waals surface area (Å²) in [5, 5.41) is 13.7. The van der Waals surface area contributed by atoms with Gasteiger partial charge in [0.25, 0.3) is 5.69 Å². The van der Waals surface area contributed by atoms with E-state index in [0.717, 1.165) is 0 Å². The van der Waals surface area contributed by atoms with Crippen molar-refractivity contribution >= 4 is 28.9 Å². The van der Waals surface area contributed by atoms with Crippen molar-refractivity contribution in [1.82, 2.24) is 4.90 Å². The van der Waals surface area contributed by atoms with E-state index in [-0.39, 0.29) is 35.3 Å². The lowest BCUT2D eigenvalue weighted by atomic mass is 10.2. The molecule has 8 heteroatoms. The third kappa shape index (κ3) is 4.74. The molecule has 2 rings (SSSR count). The second-order valence-electron chi connectivity index (χ2n) is 5.23. The van der Waals surface area contributed by atoms with E-state index >= 15 is 0 Å². The van der Waals surface area contributed by atoms with Crippen LogP contribution in [0.4, 0.5) is 15.8 Å². The molecule has 0 aromatic heterocycles. The van der Waals surface area contributed by atoms with Crippen LogP contribution in [0.25, 0.3) is 0 Å². The fourth-order valence-corrected chi connectivity index (χ4v) is 2.35. The first-order valence-electron chi connectivity index (χ1n) is 7.02. The highest BCUT2D eigenvalue weighted by Crippen LogP contribution is 2.27. The lowest BCUT2D eigenvalue weighted by Crippen LogP contribution is -2.30. The summed E-state index contributed by atoms with van der Waals surface area (Å²) in [7, 11) is 1.65. The number of nitro benzene ring substituents is 1. The Morgan fingerprint density at radius 1 is 1.33 bits per heavy atom. The standard InChI is InChI=1S/C16H15ClFN3O3/c1-20(9-11-4-2-3-5-13(11)18)10-16(22)19-14-8-12(17)6-7-15(14)21(23)24/h2-8H,9-10H2,1H3,(H,19,22). The van der Waals surface area contributed by atoms with Gasteiger partial charge in [-0.3, -0.25) is 19.8 Å². The van der Waals surface area contributed by atoms with Crippen molar-refractivity contribution in [2.45, 2.75) is 6.54 Å². The summed E-state index contributed by atoms with van der Waals surface area (Å²) < 4.78 is 13.6. The lowest BCUT2D eigenvalue weighted by Gasteiger charge is -2.16. The lowest BCUT2D eigenvalue weighted by molar-refractivity contribution is -0.383. The summed E-state index contributed by atoms with van der Waals surface area (Å²) in [6.07, 6.45) is 0. The van der Waals surface area contributed by atoms with Gasteiger partial charge >= 0.3 is 0 Å². The number of carbonyl (C=O) groups excluding carboxylic acids is 1. The Morgan fingerprint density at radius 2 is 2.04 bits per heavy atom. The first kappa shape index (κ1) is 17.8. The molecule has 0 heterocycles. The topological polar surface area (TPSA) is 75.5 Å². The van der Waals surface area contributed by atoms with Gasteiger partial charge in [0.2, 0.25) is 5.91 Å². The minimum atomic E-state index is -0.602. The Bertz CT molecular complexity index is 770. The molecule has 0 saturated carbocycles. The Morgan fingerprint density at radius 3 is 2.71 bits per heavy atom. The van der Waals surface area contributed by atoms with Crippen LogP contribution in [-0.2, 0) is 11.3 Å². The predicted octanol–water partition coefficient (Wildman–Crippen LogP) is 3.46. The van der Waals surface area contributed by atoms with E-state index in [1.54, 1.807) is 30.1 Å². The molecule has 0 atom stereocenters. The average Bonchev–Trinajstić information content (AvgIpc) is 2.49. The van der Waals surface area contributed by atoms with Gasteiger partial charge in [0, 0.05) is 23.2 Å². The number of benzene rings is 2. The molecule has 0 bridgehead atoms. The molecule has 0 unspecified atom stereocenters. The molecule has 1 N–H and O–H groups in total. The molecular weight excluding hydrogens is 337 g/mol. The van der Waals surface area contributed by atoms with Gasteiger partial charge in [-0.2, -0.15) is 0 Å². The third-order valence-corrected chi connectivity index (χ3v) is 3.48. The van der Waals surface area contributed by atoms with Gasteiger partial charge in [0.1, 0.15) is 11.5 Å². The average molecular weight is 352 g/mol. The predicted molar refractivity (Wildman–Crippen MR) is 89.5 cm³/mol. The molecule has 0 saturated heterocycles. The minimum absolute atomic E-state index is 0.0248. The number of nitro groups is 1. The van der Waals surface area contributed by atoms with Crippen LogP contribution in [-0.4, -0.2) is 29.3 Å². The molecule has 0 aliphatic rings. The minimum Gasteiger partial charge on any atom is -0.319 e. The largest absolute Gasteiger partial charge is 0.319 e. The Labute approximate surface area is 143 Å². The number of amides is 1. The highest BCUT2D eigenvalue weighted by atomic mass is 35.5. The maximum Gasteiger partial charge on any atom is 0.292 e. The van der Waals surface area contributed by atoms with E-state index in [1.807, 2.05) is 0 Å². The Kier molecular flexibility index (Phi) is 5.83. The summed E-state index contributed by atoms with van der Waals surface area (Å²) >= 11 is 5.81. The molecule has 6 nitrogen and oxygen atoms in total. The molecule has 0 fully saturated rings. The van der Waals surface area contributed by atoms with Gasteiger partial charge < -0.3 is 5.32 Å². The molecule has 0 aliphatic heterocycles. The smallest absolute Gasteiger partial charge is 0.292 e. The second kappa shape index (κ2) is 7.85.